The van der Waals surface area contributed by atoms with Gasteiger partial charge < -0.3 is 10.1 Å². The molecule has 7 heteroatoms. The molecule has 2 aromatic carbocycles. The average Bonchev–Trinajstić information content (AvgIpc) is 3.09. The van der Waals surface area contributed by atoms with Gasteiger partial charge in [0.25, 0.3) is 0 Å². The highest BCUT2D eigenvalue weighted by atomic mass is 35.5. The molecule has 3 rings (SSSR count). The van der Waals surface area contributed by atoms with Gasteiger partial charge in [-0.2, -0.15) is 0 Å². The Morgan fingerprint density at radius 3 is 2.80 bits per heavy atom. The van der Waals surface area contributed by atoms with Crippen molar-refractivity contribution in [2.45, 2.75) is 4.90 Å². The molecular formula is C18H15ClN2O2S2. The van der Waals surface area contributed by atoms with Crippen molar-refractivity contribution in [2.24, 2.45) is 0 Å². The van der Waals surface area contributed by atoms with Gasteiger partial charge in [0.1, 0.15) is 5.75 Å². The van der Waals surface area contributed by atoms with Crippen LogP contribution in [0.2, 0.25) is 5.02 Å². The number of nitrogens with one attached hydrogen (secondary N) is 1. The first kappa shape index (κ1) is 17.8. The lowest BCUT2D eigenvalue weighted by Gasteiger charge is -2.04. The number of nitrogens with zero attached hydrogens (tertiary/aromatic N) is 1. The second-order valence-corrected chi connectivity index (χ2v) is 7.35. The number of carbonyl (C=O) groups is 1. The largest absolute Gasteiger partial charge is 0.495 e. The van der Waals surface area contributed by atoms with Crippen LogP contribution in [-0.4, -0.2) is 23.8 Å². The SMILES string of the molecule is COc1ccc(-c2csc(NC(=O)CSc3ccccc3)n2)cc1Cl. The van der Waals surface area contributed by atoms with E-state index in [1.54, 1.807) is 19.2 Å². The zero-order valence-corrected chi connectivity index (χ0v) is 15.8. The molecular weight excluding hydrogens is 376 g/mol. The monoisotopic (exact) mass is 390 g/mol. The van der Waals surface area contributed by atoms with Crippen LogP contribution in [0.15, 0.2) is 58.8 Å². The third-order valence-corrected chi connectivity index (χ3v) is 5.38. The summed E-state index contributed by atoms with van der Waals surface area (Å²) in [6, 6.07) is 15.3. The Balaban J connectivity index is 1.61. The van der Waals surface area contributed by atoms with E-state index in [-0.39, 0.29) is 5.91 Å². The van der Waals surface area contributed by atoms with Crippen molar-refractivity contribution >= 4 is 45.7 Å². The predicted octanol–water partition coefficient (Wildman–Crippen LogP) is 5.20. The lowest BCUT2D eigenvalue weighted by molar-refractivity contribution is -0.113. The number of hydrogen-bond acceptors (Lipinski definition) is 5. The van der Waals surface area contributed by atoms with Gasteiger partial charge in [-0.25, -0.2) is 4.98 Å². The summed E-state index contributed by atoms with van der Waals surface area (Å²) in [5, 5.41) is 5.81. The standard InChI is InChI=1S/C18H15ClN2O2S2/c1-23-16-8-7-12(9-14(16)19)15-10-25-18(20-15)21-17(22)11-24-13-5-3-2-4-6-13/h2-10H,11H2,1H3,(H,20,21,22). The fraction of sp³-hybridized carbons (Fsp3) is 0.111. The number of benzene rings is 2. The Hall–Kier alpha value is -2.02. The fourth-order valence-electron chi connectivity index (χ4n) is 2.11. The molecule has 25 heavy (non-hydrogen) atoms. The van der Waals surface area contributed by atoms with Crippen LogP contribution in [0.25, 0.3) is 11.3 Å². The molecule has 0 bridgehead atoms. The van der Waals surface area contributed by atoms with Crippen LogP contribution in [0.5, 0.6) is 5.75 Å². The van der Waals surface area contributed by atoms with E-state index in [1.165, 1.54) is 23.1 Å². The summed E-state index contributed by atoms with van der Waals surface area (Å²) in [4.78, 5) is 17.6. The minimum absolute atomic E-state index is 0.0810. The molecule has 0 atom stereocenters. The van der Waals surface area contributed by atoms with E-state index in [2.05, 4.69) is 10.3 Å². The highest BCUT2D eigenvalue weighted by Crippen LogP contribution is 2.31. The smallest absolute Gasteiger partial charge is 0.236 e. The molecule has 3 aromatic rings. The first-order chi connectivity index (χ1) is 12.2. The summed E-state index contributed by atoms with van der Waals surface area (Å²) in [6.45, 7) is 0. The molecule has 0 unspecified atom stereocenters. The molecule has 1 aromatic heterocycles. The third-order valence-electron chi connectivity index (χ3n) is 3.31. The number of rotatable bonds is 6. The number of halogens is 1. The average molecular weight is 391 g/mol. The molecule has 1 heterocycles. The molecule has 0 aliphatic rings. The quantitative estimate of drug-likeness (QED) is 0.587. The van der Waals surface area contributed by atoms with E-state index in [0.29, 0.717) is 21.7 Å². The molecule has 0 aliphatic heterocycles. The predicted molar refractivity (Wildman–Crippen MR) is 105 cm³/mol. The lowest BCUT2D eigenvalue weighted by Crippen LogP contribution is -2.13. The van der Waals surface area contributed by atoms with Crippen molar-refractivity contribution in [3.05, 3.63) is 58.9 Å². The molecule has 1 N–H and O–H groups in total. The van der Waals surface area contributed by atoms with Gasteiger partial charge in [0.2, 0.25) is 5.91 Å². The number of methoxy groups -OCH3 is 1. The zero-order chi connectivity index (χ0) is 17.6. The van der Waals surface area contributed by atoms with Gasteiger partial charge in [0.15, 0.2) is 5.13 Å². The molecule has 0 fully saturated rings. The Bertz CT molecular complexity index is 869. The second-order valence-electron chi connectivity index (χ2n) is 5.04. The van der Waals surface area contributed by atoms with Crippen LogP contribution in [0, 0.1) is 0 Å². The Morgan fingerprint density at radius 2 is 2.08 bits per heavy atom. The van der Waals surface area contributed by atoms with Crippen molar-refractivity contribution in [3.63, 3.8) is 0 Å². The number of ether oxygens (including phenoxy) is 1. The summed E-state index contributed by atoms with van der Waals surface area (Å²) in [5.41, 5.74) is 1.64. The van der Waals surface area contributed by atoms with E-state index in [4.69, 9.17) is 16.3 Å². The minimum Gasteiger partial charge on any atom is -0.495 e. The lowest BCUT2D eigenvalue weighted by atomic mass is 10.2. The van der Waals surface area contributed by atoms with Crippen LogP contribution in [0.1, 0.15) is 0 Å². The van der Waals surface area contributed by atoms with E-state index in [1.807, 2.05) is 41.8 Å². The number of thiazole rings is 1. The third kappa shape index (κ3) is 4.75. The summed E-state index contributed by atoms with van der Waals surface area (Å²) >= 11 is 9.02. The highest BCUT2D eigenvalue weighted by molar-refractivity contribution is 8.00. The molecule has 0 saturated carbocycles. The Kier molecular flexibility index (Phi) is 5.96. The summed E-state index contributed by atoms with van der Waals surface area (Å²) in [5.74, 6) is 0.877. The number of aromatic nitrogens is 1. The number of hydrogen-bond donors (Lipinski definition) is 1. The second kappa shape index (κ2) is 8.38. The van der Waals surface area contributed by atoms with Gasteiger partial charge in [0, 0.05) is 15.8 Å². The van der Waals surface area contributed by atoms with Gasteiger partial charge in [-0.1, -0.05) is 29.8 Å². The first-order valence-electron chi connectivity index (χ1n) is 7.43. The van der Waals surface area contributed by atoms with E-state index < -0.39 is 0 Å². The molecule has 0 saturated heterocycles. The number of amides is 1. The van der Waals surface area contributed by atoms with Crippen molar-refractivity contribution in [1.29, 1.82) is 0 Å². The van der Waals surface area contributed by atoms with Gasteiger partial charge in [-0.15, -0.1) is 23.1 Å². The number of carbonyl (C=O) groups excluding carboxylic acids is 1. The van der Waals surface area contributed by atoms with E-state index >= 15 is 0 Å². The first-order valence-corrected chi connectivity index (χ1v) is 9.67. The summed E-state index contributed by atoms with van der Waals surface area (Å²) in [6.07, 6.45) is 0. The van der Waals surface area contributed by atoms with Crippen molar-refractivity contribution in [2.75, 3.05) is 18.2 Å². The van der Waals surface area contributed by atoms with Gasteiger partial charge >= 0.3 is 0 Å². The molecule has 4 nitrogen and oxygen atoms in total. The molecule has 0 radical (unpaired) electrons. The fourth-order valence-corrected chi connectivity index (χ4v) is 3.82. The van der Waals surface area contributed by atoms with Crippen LogP contribution in [0.3, 0.4) is 0 Å². The topological polar surface area (TPSA) is 51.2 Å². The minimum atomic E-state index is -0.0810. The van der Waals surface area contributed by atoms with Gasteiger partial charge in [-0.3, -0.25) is 4.79 Å². The maximum Gasteiger partial charge on any atom is 0.236 e. The van der Waals surface area contributed by atoms with Crippen LogP contribution >= 0.6 is 34.7 Å². The normalized spacial score (nSPS) is 10.5. The Labute approximate surface area is 159 Å². The number of thioether (sulfide) groups is 1. The molecule has 0 aliphatic carbocycles. The number of anilines is 1. The molecule has 0 spiro atoms. The van der Waals surface area contributed by atoms with Crippen molar-refractivity contribution < 1.29 is 9.53 Å². The summed E-state index contributed by atoms with van der Waals surface area (Å²) < 4.78 is 5.15. The van der Waals surface area contributed by atoms with E-state index in [9.17, 15) is 4.79 Å². The Morgan fingerprint density at radius 1 is 1.28 bits per heavy atom. The van der Waals surface area contributed by atoms with Crippen molar-refractivity contribution in [1.82, 2.24) is 4.98 Å². The van der Waals surface area contributed by atoms with Crippen molar-refractivity contribution in [3.8, 4) is 17.0 Å². The van der Waals surface area contributed by atoms with Crippen LogP contribution in [-0.2, 0) is 4.79 Å². The van der Waals surface area contributed by atoms with Gasteiger partial charge in [0.05, 0.1) is 23.6 Å². The highest BCUT2D eigenvalue weighted by Gasteiger charge is 2.10. The van der Waals surface area contributed by atoms with Crippen LogP contribution in [0.4, 0.5) is 5.13 Å². The zero-order valence-electron chi connectivity index (χ0n) is 13.4. The molecule has 1 amide bonds. The summed E-state index contributed by atoms with van der Waals surface area (Å²) in [7, 11) is 1.57. The van der Waals surface area contributed by atoms with E-state index in [0.717, 1.165) is 16.2 Å². The maximum atomic E-state index is 12.1. The maximum absolute atomic E-state index is 12.1. The van der Waals surface area contributed by atoms with Gasteiger partial charge in [-0.05, 0) is 30.3 Å². The van der Waals surface area contributed by atoms with Crippen LogP contribution < -0.4 is 10.1 Å². The molecule has 128 valence electrons.